The van der Waals surface area contributed by atoms with Crippen molar-refractivity contribution in [1.29, 1.82) is 0 Å². The minimum atomic E-state index is -0.207. The standard InChI is InChI=1S/C13H10BrF/c1-9-5-6-13(14)12(7-9)10-3-2-4-11(15)8-10/h2-8H,1H3. The van der Waals surface area contributed by atoms with Crippen molar-refractivity contribution in [2.75, 3.05) is 0 Å². The van der Waals surface area contributed by atoms with E-state index in [-0.39, 0.29) is 5.82 Å². The Bertz CT molecular complexity index is 492. The van der Waals surface area contributed by atoms with Gasteiger partial charge in [0, 0.05) is 4.47 Å². The number of benzene rings is 2. The molecular weight excluding hydrogens is 255 g/mol. The fourth-order valence-corrected chi connectivity index (χ4v) is 1.99. The molecule has 0 bridgehead atoms. The molecule has 2 aromatic rings. The maximum atomic E-state index is 13.1. The summed E-state index contributed by atoms with van der Waals surface area (Å²) in [5.41, 5.74) is 3.08. The van der Waals surface area contributed by atoms with Crippen LogP contribution in [0.4, 0.5) is 4.39 Å². The zero-order valence-electron chi connectivity index (χ0n) is 8.30. The maximum absolute atomic E-state index is 13.1. The fourth-order valence-electron chi connectivity index (χ4n) is 1.52. The highest BCUT2D eigenvalue weighted by Gasteiger charge is 2.03. The zero-order valence-corrected chi connectivity index (χ0v) is 9.88. The van der Waals surface area contributed by atoms with Crippen LogP contribution in [0.1, 0.15) is 5.56 Å². The van der Waals surface area contributed by atoms with Gasteiger partial charge in [-0.1, -0.05) is 45.8 Å². The average molecular weight is 265 g/mol. The van der Waals surface area contributed by atoms with Crippen LogP contribution in [0.15, 0.2) is 46.9 Å². The lowest BCUT2D eigenvalue weighted by Crippen LogP contribution is -1.83. The van der Waals surface area contributed by atoms with Crippen LogP contribution in [0.3, 0.4) is 0 Å². The van der Waals surface area contributed by atoms with Gasteiger partial charge in [-0.05, 0) is 36.2 Å². The summed E-state index contributed by atoms with van der Waals surface area (Å²) in [5.74, 6) is -0.207. The Morgan fingerprint density at radius 3 is 2.60 bits per heavy atom. The summed E-state index contributed by atoms with van der Waals surface area (Å²) in [5, 5.41) is 0. The predicted molar refractivity (Wildman–Crippen MR) is 64.3 cm³/mol. The van der Waals surface area contributed by atoms with Crippen LogP contribution < -0.4 is 0 Å². The molecule has 0 nitrogen and oxygen atoms in total. The van der Waals surface area contributed by atoms with Crippen LogP contribution in [0.5, 0.6) is 0 Å². The fraction of sp³-hybridized carbons (Fsp3) is 0.0769. The van der Waals surface area contributed by atoms with Gasteiger partial charge in [0.05, 0.1) is 0 Å². The molecule has 0 saturated heterocycles. The van der Waals surface area contributed by atoms with Gasteiger partial charge in [0.15, 0.2) is 0 Å². The molecule has 0 aliphatic heterocycles. The molecule has 76 valence electrons. The van der Waals surface area contributed by atoms with E-state index in [9.17, 15) is 4.39 Å². The van der Waals surface area contributed by atoms with Crippen molar-refractivity contribution in [2.45, 2.75) is 6.92 Å². The van der Waals surface area contributed by atoms with Crippen LogP contribution in [0.25, 0.3) is 11.1 Å². The van der Waals surface area contributed by atoms with Gasteiger partial charge in [0.25, 0.3) is 0 Å². The third kappa shape index (κ3) is 2.26. The topological polar surface area (TPSA) is 0 Å². The molecule has 2 rings (SSSR count). The largest absolute Gasteiger partial charge is 0.207 e. The summed E-state index contributed by atoms with van der Waals surface area (Å²) in [7, 11) is 0. The third-order valence-electron chi connectivity index (χ3n) is 2.26. The van der Waals surface area contributed by atoms with Crippen LogP contribution in [0, 0.1) is 12.7 Å². The highest BCUT2D eigenvalue weighted by atomic mass is 79.9. The van der Waals surface area contributed by atoms with Crippen LogP contribution in [0.2, 0.25) is 0 Å². The summed E-state index contributed by atoms with van der Waals surface area (Å²) in [6, 6.07) is 12.7. The number of rotatable bonds is 1. The van der Waals surface area contributed by atoms with Gasteiger partial charge in [-0.15, -0.1) is 0 Å². The van der Waals surface area contributed by atoms with E-state index in [0.29, 0.717) is 0 Å². The highest BCUT2D eigenvalue weighted by Crippen LogP contribution is 2.29. The molecule has 0 aliphatic rings. The van der Waals surface area contributed by atoms with E-state index >= 15 is 0 Å². The molecule has 0 aliphatic carbocycles. The molecule has 0 amide bonds. The first-order valence-corrected chi connectivity index (χ1v) is 5.48. The average Bonchev–Trinajstić information content (AvgIpc) is 2.22. The molecule has 0 radical (unpaired) electrons. The monoisotopic (exact) mass is 264 g/mol. The molecule has 15 heavy (non-hydrogen) atoms. The van der Waals surface area contributed by atoms with Crippen LogP contribution in [-0.2, 0) is 0 Å². The van der Waals surface area contributed by atoms with E-state index in [1.54, 1.807) is 12.1 Å². The van der Waals surface area contributed by atoms with Crippen LogP contribution in [-0.4, -0.2) is 0 Å². The summed E-state index contributed by atoms with van der Waals surface area (Å²) < 4.78 is 14.1. The Kier molecular flexibility index (Phi) is 2.87. The Labute approximate surface area is 96.9 Å². The van der Waals surface area contributed by atoms with E-state index in [1.165, 1.54) is 6.07 Å². The van der Waals surface area contributed by atoms with Crippen LogP contribution >= 0.6 is 15.9 Å². The minimum Gasteiger partial charge on any atom is -0.207 e. The lowest BCUT2D eigenvalue weighted by molar-refractivity contribution is 0.628. The molecule has 0 N–H and O–H groups in total. The Hall–Kier alpha value is -1.15. The normalized spacial score (nSPS) is 10.3. The molecule has 0 atom stereocenters. The van der Waals surface area contributed by atoms with E-state index < -0.39 is 0 Å². The quantitative estimate of drug-likeness (QED) is 0.708. The molecule has 0 spiro atoms. The molecule has 0 saturated carbocycles. The molecule has 0 fully saturated rings. The van der Waals surface area contributed by atoms with Crippen molar-refractivity contribution in [3.05, 3.63) is 58.3 Å². The van der Waals surface area contributed by atoms with Crippen molar-refractivity contribution in [3.63, 3.8) is 0 Å². The van der Waals surface area contributed by atoms with E-state index in [1.807, 2.05) is 31.2 Å². The van der Waals surface area contributed by atoms with Gasteiger partial charge in [0.2, 0.25) is 0 Å². The molecule has 0 heterocycles. The molecule has 0 aromatic heterocycles. The van der Waals surface area contributed by atoms with Gasteiger partial charge in [0.1, 0.15) is 5.82 Å². The second-order valence-electron chi connectivity index (χ2n) is 3.49. The summed E-state index contributed by atoms with van der Waals surface area (Å²) >= 11 is 3.47. The second-order valence-corrected chi connectivity index (χ2v) is 4.35. The van der Waals surface area contributed by atoms with E-state index in [0.717, 1.165) is 21.2 Å². The SMILES string of the molecule is Cc1ccc(Br)c(-c2cccc(F)c2)c1. The lowest BCUT2D eigenvalue weighted by Gasteiger charge is -2.06. The third-order valence-corrected chi connectivity index (χ3v) is 2.95. The summed E-state index contributed by atoms with van der Waals surface area (Å²) in [6.07, 6.45) is 0. The molecule has 2 heteroatoms. The first kappa shape index (κ1) is 10.4. The second kappa shape index (κ2) is 4.15. The van der Waals surface area contributed by atoms with Crippen molar-refractivity contribution in [3.8, 4) is 11.1 Å². The summed E-state index contributed by atoms with van der Waals surface area (Å²) in [4.78, 5) is 0. The van der Waals surface area contributed by atoms with Gasteiger partial charge in [-0.25, -0.2) is 4.39 Å². The van der Waals surface area contributed by atoms with Gasteiger partial charge in [-0.2, -0.15) is 0 Å². The van der Waals surface area contributed by atoms with Gasteiger partial charge < -0.3 is 0 Å². The first-order chi connectivity index (χ1) is 7.16. The smallest absolute Gasteiger partial charge is 0.123 e. The Morgan fingerprint density at radius 1 is 1.07 bits per heavy atom. The lowest BCUT2D eigenvalue weighted by atomic mass is 10.0. The summed E-state index contributed by atoms with van der Waals surface area (Å²) in [6.45, 7) is 2.02. The van der Waals surface area contributed by atoms with Gasteiger partial charge in [-0.3, -0.25) is 0 Å². The minimum absolute atomic E-state index is 0.207. The molecular formula is C13H10BrF. The predicted octanol–water partition coefficient (Wildman–Crippen LogP) is 4.56. The van der Waals surface area contributed by atoms with E-state index in [2.05, 4.69) is 15.9 Å². The van der Waals surface area contributed by atoms with Crippen molar-refractivity contribution < 1.29 is 4.39 Å². The molecule has 0 unspecified atom stereocenters. The Balaban J connectivity index is 2.58. The molecule has 2 aromatic carbocycles. The maximum Gasteiger partial charge on any atom is 0.123 e. The Morgan fingerprint density at radius 2 is 1.87 bits per heavy atom. The van der Waals surface area contributed by atoms with E-state index in [4.69, 9.17) is 0 Å². The number of halogens is 2. The number of hydrogen-bond donors (Lipinski definition) is 0. The van der Waals surface area contributed by atoms with Crippen molar-refractivity contribution in [2.24, 2.45) is 0 Å². The van der Waals surface area contributed by atoms with Crippen molar-refractivity contribution in [1.82, 2.24) is 0 Å². The zero-order chi connectivity index (χ0) is 10.8. The highest BCUT2D eigenvalue weighted by molar-refractivity contribution is 9.10. The van der Waals surface area contributed by atoms with Crippen molar-refractivity contribution >= 4 is 15.9 Å². The van der Waals surface area contributed by atoms with Gasteiger partial charge >= 0.3 is 0 Å². The number of hydrogen-bond acceptors (Lipinski definition) is 0. The first-order valence-electron chi connectivity index (χ1n) is 4.69. The number of aryl methyl sites for hydroxylation is 1.